The summed E-state index contributed by atoms with van der Waals surface area (Å²) in [7, 11) is 0. The molecule has 0 heterocycles. The van der Waals surface area contributed by atoms with Gasteiger partial charge in [0, 0.05) is 0 Å². The fraction of sp³-hybridized carbons (Fsp3) is 0.452. The quantitative estimate of drug-likeness (QED) is 0.423. The molecule has 0 aliphatic heterocycles. The summed E-state index contributed by atoms with van der Waals surface area (Å²) in [5.41, 5.74) is 6.29. The molecule has 0 saturated heterocycles. The Morgan fingerprint density at radius 1 is 0.765 bits per heavy atom. The topological polar surface area (TPSA) is 0 Å². The fourth-order valence-electron chi connectivity index (χ4n) is 7.03. The molecule has 0 N–H and O–H groups in total. The number of allylic oxidation sites excluding steroid dienone is 4. The van der Waals surface area contributed by atoms with Gasteiger partial charge in [0.05, 0.1) is 0 Å². The normalized spacial score (nSPS) is 18.5. The summed E-state index contributed by atoms with van der Waals surface area (Å²) in [6, 6.07) is 16.5. The standard InChI is InChI=1S/C13H9.C13H22.C5H5.2ClH.Zr/c1-3-7-12-10(5-1)9-11-6-2-4-8-13(11)12;1-2-7-12(6-1)10-5-11-13-8-3-4-9-13;1-2-4-5-3-1;;;/h1-5,7-8H,9H2;12-13H,1-4,6-11H2;1-3H,4H2;2*1H;/q;;;;;+2/p-2. The Bertz CT molecular complexity index is 1080. The van der Waals surface area contributed by atoms with Crippen LogP contribution in [-0.2, 0) is 27.7 Å². The first-order valence-electron chi connectivity index (χ1n) is 13.2. The summed E-state index contributed by atoms with van der Waals surface area (Å²) in [4.78, 5) is 0. The van der Waals surface area contributed by atoms with Crippen LogP contribution in [0.3, 0.4) is 0 Å². The molecule has 3 heteroatoms. The largest absolute Gasteiger partial charge is 1.00 e. The van der Waals surface area contributed by atoms with E-state index in [1.807, 2.05) is 6.55 Å². The molecular formula is C31H36Cl2Zr. The molecule has 2 aromatic carbocycles. The third-order valence-electron chi connectivity index (χ3n) is 8.59. The smallest absolute Gasteiger partial charge is 1.00 e. The molecule has 4 aliphatic rings. The van der Waals surface area contributed by atoms with Gasteiger partial charge < -0.3 is 24.8 Å². The van der Waals surface area contributed by atoms with Crippen LogP contribution in [0.15, 0.2) is 64.0 Å². The van der Waals surface area contributed by atoms with Crippen molar-refractivity contribution in [1.82, 2.24) is 0 Å². The van der Waals surface area contributed by atoms with Crippen molar-refractivity contribution in [2.24, 2.45) is 11.8 Å². The molecule has 178 valence electrons. The van der Waals surface area contributed by atoms with Crippen LogP contribution in [0.1, 0.15) is 81.8 Å². The molecule has 2 saturated carbocycles. The van der Waals surface area contributed by atoms with Gasteiger partial charge in [-0.1, -0.05) is 0 Å². The van der Waals surface area contributed by atoms with Gasteiger partial charge >= 0.3 is 203 Å². The maximum absolute atomic E-state index is 2.57. The molecule has 4 aliphatic carbocycles. The molecule has 0 spiro atoms. The van der Waals surface area contributed by atoms with Crippen molar-refractivity contribution < 1.29 is 46.1 Å². The van der Waals surface area contributed by atoms with Crippen LogP contribution < -0.4 is 28.1 Å². The molecule has 0 aromatic heterocycles. The molecule has 6 rings (SSSR count). The second-order valence-corrected chi connectivity index (χ2v) is 17.2. The first kappa shape index (κ1) is 26.3. The Morgan fingerprint density at radius 3 is 2.06 bits per heavy atom. The first-order valence-corrected chi connectivity index (χ1v) is 16.8. The molecule has 0 atom stereocenters. The monoisotopic (exact) mass is 568 g/mol. The van der Waals surface area contributed by atoms with Gasteiger partial charge in [0.25, 0.3) is 0 Å². The minimum Gasteiger partial charge on any atom is -1.00 e. The number of rotatable bonds is 6. The molecule has 0 bridgehead atoms. The van der Waals surface area contributed by atoms with E-state index < -0.39 is 21.3 Å². The zero-order valence-electron chi connectivity index (χ0n) is 20.2. The summed E-state index contributed by atoms with van der Waals surface area (Å²) in [6.45, 7) is 0. The van der Waals surface area contributed by atoms with Gasteiger partial charge in [-0.15, -0.1) is 0 Å². The summed E-state index contributed by atoms with van der Waals surface area (Å²) < 4.78 is 5.75. The zero-order chi connectivity index (χ0) is 21.3. The van der Waals surface area contributed by atoms with Crippen LogP contribution in [-0.4, -0.2) is 3.21 Å². The van der Waals surface area contributed by atoms with E-state index in [0.29, 0.717) is 0 Å². The van der Waals surface area contributed by atoms with Crippen LogP contribution in [0.5, 0.6) is 0 Å². The van der Waals surface area contributed by atoms with E-state index in [4.69, 9.17) is 0 Å². The van der Waals surface area contributed by atoms with Crippen molar-refractivity contribution in [1.29, 1.82) is 0 Å². The average molecular weight is 571 g/mol. The molecule has 0 amide bonds. The van der Waals surface area contributed by atoms with Crippen molar-refractivity contribution in [2.75, 3.05) is 0 Å². The van der Waals surface area contributed by atoms with Crippen LogP contribution in [0.25, 0.3) is 11.1 Å². The van der Waals surface area contributed by atoms with Crippen LogP contribution in [0.4, 0.5) is 0 Å². The van der Waals surface area contributed by atoms with Crippen molar-refractivity contribution in [3.05, 3.63) is 75.1 Å². The third-order valence-corrected chi connectivity index (χ3v) is 16.3. The Hall–Kier alpha value is -0.747. The number of hydrogen-bond acceptors (Lipinski definition) is 0. The van der Waals surface area contributed by atoms with Crippen LogP contribution >= 0.6 is 0 Å². The first-order chi connectivity index (χ1) is 15.9. The van der Waals surface area contributed by atoms with E-state index in [-0.39, 0.29) is 24.8 Å². The molecule has 0 nitrogen and oxygen atoms in total. The van der Waals surface area contributed by atoms with Gasteiger partial charge in [-0.3, -0.25) is 0 Å². The maximum atomic E-state index is 2.57. The second kappa shape index (κ2) is 12.0. The van der Waals surface area contributed by atoms with Crippen LogP contribution in [0.2, 0.25) is 0 Å². The Balaban J connectivity index is 0.00000137. The molecule has 34 heavy (non-hydrogen) atoms. The summed E-state index contributed by atoms with van der Waals surface area (Å²) in [5, 5.41) is 0. The van der Waals surface area contributed by atoms with Gasteiger partial charge in [-0.05, 0) is 0 Å². The van der Waals surface area contributed by atoms with Gasteiger partial charge in [-0.25, -0.2) is 0 Å². The minimum absolute atomic E-state index is 0. The summed E-state index contributed by atoms with van der Waals surface area (Å²) in [5.74, 6) is 1.96. The SMILES string of the molecule is C1=CC[C]([Zr+2](=[C](CC2CCCC2)CC2CCCC2)[c]2cccc3c2Cc2ccccc2-3)=C1.[Cl-].[Cl-]. The fourth-order valence-corrected chi connectivity index (χ4v) is 15.7. The van der Waals surface area contributed by atoms with E-state index in [9.17, 15) is 0 Å². The maximum Gasteiger partial charge on any atom is -1.00 e. The van der Waals surface area contributed by atoms with E-state index in [1.165, 1.54) is 76.2 Å². The summed E-state index contributed by atoms with van der Waals surface area (Å²) in [6.07, 6.45) is 24.5. The number of halogens is 2. The Labute approximate surface area is 226 Å². The van der Waals surface area contributed by atoms with Crippen molar-refractivity contribution in [3.8, 4) is 11.1 Å². The predicted molar refractivity (Wildman–Crippen MR) is 134 cm³/mol. The predicted octanol–water partition coefficient (Wildman–Crippen LogP) is 1.69. The summed E-state index contributed by atoms with van der Waals surface area (Å²) >= 11 is -2.11. The van der Waals surface area contributed by atoms with Gasteiger partial charge in [0.15, 0.2) is 0 Å². The number of fused-ring (bicyclic) bond motifs is 3. The molecule has 2 fully saturated rings. The Morgan fingerprint density at radius 2 is 1.41 bits per heavy atom. The molecule has 0 radical (unpaired) electrons. The Kier molecular flexibility index (Phi) is 9.28. The third kappa shape index (κ3) is 5.33. The van der Waals surface area contributed by atoms with Crippen molar-refractivity contribution in [3.63, 3.8) is 0 Å². The number of hydrogen-bond donors (Lipinski definition) is 0. The second-order valence-electron chi connectivity index (χ2n) is 10.7. The van der Waals surface area contributed by atoms with E-state index in [2.05, 4.69) is 63.9 Å². The molecule has 0 unspecified atom stereocenters. The van der Waals surface area contributed by atoms with Crippen LogP contribution in [0, 0.1) is 11.8 Å². The van der Waals surface area contributed by atoms with Crippen molar-refractivity contribution >= 4 is 6.48 Å². The zero-order valence-corrected chi connectivity index (χ0v) is 24.1. The molecular weight excluding hydrogens is 534 g/mol. The minimum atomic E-state index is -2.11. The van der Waals surface area contributed by atoms with E-state index in [0.717, 1.165) is 18.3 Å². The van der Waals surface area contributed by atoms with E-state index >= 15 is 0 Å². The number of benzene rings is 2. The van der Waals surface area contributed by atoms with Gasteiger partial charge in [0.1, 0.15) is 0 Å². The van der Waals surface area contributed by atoms with E-state index in [1.54, 1.807) is 16.7 Å². The van der Waals surface area contributed by atoms with Gasteiger partial charge in [-0.2, -0.15) is 0 Å². The molecule has 2 aromatic rings. The van der Waals surface area contributed by atoms with Crippen molar-refractivity contribution in [2.45, 2.75) is 77.0 Å². The van der Waals surface area contributed by atoms with Gasteiger partial charge in [0.2, 0.25) is 0 Å². The average Bonchev–Trinajstić information content (AvgIpc) is 3.61.